The van der Waals surface area contributed by atoms with E-state index in [-0.39, 0.29) is 32.4 Å². The molecular weight excluding hydrogens is 361 g/mol. The lowest BCUT2D eigenvalue weighted by Crippen LogP contribution is -2.40. The fourth-order valence-electron chi connectivity index (χ4n) is 1.34. The van der Waals surface area contributed by atoms with E-state index in [4.69, 9.17) is 39.2 Å². The van der Waals surface area contributed by atoms with E-state index < -0.39 is 14.4 Å². The molecular formula is C15H20Cl3NO2Si. The van der Waals surface area contributed by atoms with Crippen molar-refractivity contribution in [3.63, 3.8) is 0 Å². The zero-order valence-corrected chi connectivity index (χ0v) is 16.6. The molecule has 1 rings (SSSR count). The molecule has 1 N–H and O–H groups in total. The molecule has 1 aromatic heterocycles. The van der Waals surface area contributed by atoms with E-state index in [0.29, 0.717) is 0 Å². The van der Waals surface area contributed by atoms with Crippen LogP contribution in [0.2, 0.25) is 33.3 Å². The number of hydrogen-bond donors (Lipinski definition) is 1. The summed E-state index contributed by atoms with van der Waals surface area (Å²) in [6.45, 7) is 11.0. The maximum Gasteiger partial charge on any atom is 0.193 e. The summed E-state index contributed by atoms with van der Waals surface area (Å²) in [6.07, 6.45) is 0.172. The monoisotopic (exact) mass is 379 g/mol. The molecule has 0 bridgehead atoms. The maximum atomic E-state index is 10.1. The number of hydrogen-bond acceptors (Lipinski definition) is 3. The molecule has 3 nitrogen and oxygen atoms in total. The first-order valence-corrected chi connectivity index (χ1v) is 10.8. The lowest BCUT2D eigenvalue weighted by Gasteiger charge is -2.35. The fraction of sp³-hybridized carbons (Fsp3) is 0.533. The molecule has 0 aliphatic heterocycles. The number of halogens is 3. The molecule has 0 aliphatic carbocycles. The Kier molecular flexibility index (Phi) is 6.76. The number of aliphatic hydroxyl groups excluding tert-OH is 1. The molecule has 0 radical (unpaired) electrons. The molecule has 0 fully saturated rings. The molecule has 0 spiro atoms. The van der Waals surface area contributed by atoms with Crippen LogP contribution in [0.5, 0.6) is 0 Å². The highest BCUT2D eigenvalue weighted by molar-refractivity contribution is 6.74. The number of pyridine rings is 1. The van der Waals surface area contributed by atoms with Crippen LogP contribution in [-0.2, 0) is 4.43 Å². The second kappa shape index (κ2) is 7.52. The highest BCUT2D eigenvalue weighted by Gasteiger charge is 2.36. The van der Waals surface area contributed by atoms with Crippen molar-refractivity contribution < 1.29 is 9.53 Å². The number of aliphatic hydroxyl groups is 1. The van der Waals surface area contributed by atoms with Crippen LogP contribution in [0.15, 0.2) is 6.20 Å². The molecule has 0 saturated carbocycles. The van der Waals surface area contributed by atoms with Gasteiger partial charge in [0.15, 0.2) is 8.32 Å². The molecule has 1 atom stereocenters. The normalized spacial score (nSPS) is 13.5. The van der Waals surface area contributed by atoms with Gasteiger partial charge in [0.25, 0.3) is 0 Å². The Morgan fingerprint density at radius 2 is 1.91 bits per heavy atom. The molecule has 22 heavy (non-hydrogen) atoms. The van der Waals surface area contributed by atoms with Gasteiger partial charge in [-0.3, -0.25) is 0 Å². The Balaban J connectivity index is 2.80. The lowest BCUT2D eigenvalue weighted by molar-refractivity contribution is 0.237. The highest BCUT2D eigenvalue weighted by Crippen LogP contribution is 2.36. The van der Waals surface area contributed by atoms with Crippen LogP contribution in [0.4, 0.5) is 0 Å². The molecule has 0 amide bonds. The van der Waals surface area contributed by atoms with Gasteiger partial charge in [-0.25, -0.2) is 4.98 Å². The second-order valence-electron chi connectivity index (χ2n) is 6.40. The number of rotatable bonds is 3. The van der Waals surface area contributed by atoms with Crippen molar-refractivity contribution in [3.05, 3.63) is 27.0 Å². The summed E-state index contributed by atoms with van der Waals surface area (Å²) in [7, 11) is -1.86. The highest BCUT2D eigenvalue weighted by atomic mass is 35.5. The predicted molar refractivity (Wildman–Crippen MR) is 95.2 cm³/mol. The summed E-state index contributed by atoms with van der Waals surface area (Å²) in [5.41, 5.74) is 0.218. The summed E-state index contributed by atoms with van der Waals surface area (Å²) >= 11 is 17.8. The van der Waals surface area contributed by atoms with Crippen molar-refractivity contribution in [1.82, 2.24) is 4.98 Å². The summed E-state index contributed by atoms with van der Waals surface area (Å²) in [5, 5.41) is 10.7. The molecule has 1 aromatic rings. The molecule has 0 aromatic carbocycles. The van der Waals surface area contributed by atoms with Crippen molar-refractivity contribution in [2.45, 2.75) is 45.0 Å². The van der Waals surface area contributed by atoms with Crippen LogP contribution in [0.25, 0.3) is 0 Å². The Morgan fingerprint density at radius 1 is 1.32 bits per heavy atom. The van der Waals surface area contributed by atoms with Gasteiger partial charge in [0.2, 0.25) is 0 Å². The van der Waals surface area contributed by atoms with Gasteiger partial charge in [-0.15, -0.1) is 0 Å². The van der Waals surface area contributed by atoms with Gasteiger partial charge in [0, 0.05) is 6.20 Å². The van der Waals surface area contributed by atoms with Gasteiger partial charge < -0.3 is 9.53 Å². The van der Waals surface area contributed by atoms with Crippen LogP contribution < -0.4 is 0 Å². The van der Waals surface area contributed by atoms with Gasteiger partial charge in [0.05, 0.1) is 22.2 Å². The van der Waals surface area contributed by atoms with Crippen molar-refractivity contribution in [2.75, 3.05) is 6.61 Å². The van der Waals surface area contributed by atoms with E-state index in [0.717, 1.165) is 0 Å². The van der Waals surface area contributed by atoms with Gasteiger partial charge in [-0.05, 0) is 18.1 Å². The van der Waals surface area contributed by atoms with Crippen LogP contribution in [0, 0.1) is 11.8 Å². The summed E-state index contributed by atoms with van der Waals surface area (Å²) < 4.78 is 5.91. The van der Waals surface area contributed by atoms with Crippen molar-refractivity contribution in [3.8, 4) is 11.8 Å². The van der Waals surface area contributed by atoms with E-state index in [9.17, 15) is 5.11 Å². The summed E-state index contributed by atoms with van der Waals surface area (Å²) in [4.78, 5) is 3.86. The zero-order valence-electron chi connectivity index (χ0n) is 13.3. The van der Waals surface area contributed by atoms with E-state index in [2.05, 4.69) is 50.7 Å². The minimum absolute atomic E-state index is 0.0847. The summed E-state index contributed by atoms with van der Waals surface area (Å²) in [6, 6.07) is 0. The van der Waals surface area contributed by atoms with Crippen molar-refractivity contribution in [1.29, 1.82) is 0 Å². The third-order valence-corrected chi connectivity index (χ3v) is 9.35. The topological polar surface area (TPSA) is 42.4 Å². The third kappa shape index (κ3) is 4.86. The van der Waals surface area contributed by atoms with E-state index in [1.54, 1.807) is 0 Å². The summed E-state index contributed by atoms with van der Waals surface area (Å²) in [5.74, 6) is 5.48. The fourth-order valence-corrected chi connectivity index (χ4v) is 2.89. The maximum absolute atomic E-state index is 10.1. The van der Waals surface area contributed by atoms with Crippen LogP contribution in [0.3, 0.4) is 0 Å². The molecule has 122 valence electrons. The third-order valence-electron chi connectivity index (χ3n) is 3.78. The molecule has 0 saturated heterocycles. The Labute approximate surface area is 148 Å². The molecule has 1 unspecified atom stereocenters. The minimum Gasteiger partial charge on any atom is -0.406 e. The standard InChI is InChI=1S/C15H20Cl3NO2Si/c1-15(2,3)22(4,5)21-8-6-7-11(20)12-13(17)10(16)9-19-14(12)18/h9,11,20H,8H2,1-5H3. The number of nitrogens with zero attached hydrogens (tertiary/aromatic N) is 1. The quantitative estimate of drug-likeness (QED) is 0.450. The Morgan fingerprint density at radius 3 is 2.45 bits per heavy atom. The second-order valence-corrected chi connectivity index (χ2v) is 12.3. The molecule has 0 aliphatic rings. The molecule has 7 heteroatoms. The first kappa shape index (κ1) is 19.8. The minimum atomic E-state index is -1.86. The zero-order chi connectivity index (χ0) is 17.1. The molecule has 1 heterocycles. The number of aromatic nitrogens is 1. The van der Waals surface area contributed by atoms with Crippen LogP contribution >= 0.6 is 34.8 Å². The smallest absolute Gasteiger partial charge is 0.193 e. The van der Waals surface area contributed by atoms with Gasteiger partial charge >= 0.3 is 0 Å². The average Bonchev–Trinajstić information content (AvgIpc) is 2.38. The Bertz CT molecular complexity index is 603. The van der Waals surface area contributed by atoms with Crippen LogP contribution in [-0.4, -0.2) is 25.0 Å². The van der Waals surface area contributed by atoms with Gasteiger partial charge in [-0.1, -0.05) is 67.4 Å². The lowest BCUT2D eigenvalue weighted by atomic mass is 10.1. The van der Waals surface area contributed by atoms with Crippen LogP contribution in [0.1, 0.15) is 32.4 Å². The first-order chi connectivity index (χ1) is 9.97. The van der Waals surface area contributed by atoms with E-state index in [1.807, 2.05) is 0 Å². The van der Waals surface area contributed by atoms with Crippen molar-refractivity contribution >= 4 is 43.1 Å². The van der Waals surface area contributed by atoms with E-state index >= 15 is 0 Å². The SMILES string of the molecule is CC(C)(C)[Si](C)(C)OCC#CC(O)c1c(Cl)ncc(Cl)c1Cl. The Hall–Kier alpha value is -0.283. The largest absolute Gasteiger partial charge is 0.406 e. The predicted octanol–water partition coefficient (Wildman–Crippen LogP) is 5.10. The van der Waals surface area contributed by atoms with E-state index in [1.165, 1.54) is 6.20 Å². The van der Waals surface area contributed by atoms with Gasteiger partial charge in [-0.2, -0.15) is 0 Å². The van der Waals surface area contributed by atoms with Crippen molar-refractivity contribution in [2.24, 2.45) is 0 Å². The van der Waals surface area contributed by atoms with Gasteiger partial charge in [0.1, 0.15) is 11.3 Å². The first-order valence-electron chi connectivity index (χ1n) is 6.77. The average molecular weight is 381 g/mol.